The maximum Gasteiger partial charge on any atom is 0.549 e. The third-order valence-corrected chi connectivity index (χ3v) is 2.38. The van der Waals surface area contributed by atoms with Crippen molar-refractivity contribution in [2.45, 2.75) is 0 Å². The zero-order valence-electron chi connectivity index (χ0n) is 6.64. The first-order chi connectivity index (χ1) is 5.84. The van der Waals surface area contributed by atoms with Crippen molar-refractivity contribution in [3.05, 3.63) is 43.0 Å². The second kappa shape index (κ2) is 4.81. The Hall–Kier alpha value is -0.980. The Bertz CT molecular complexity index is 269. The highest BCUT2D eigenvalue weighted by Gasteiger charge is 2.19. The van der Waals surface area contributed by atoms with E-state index < -0.39 is 8.03 Å². The third-order valence-electron chi connectivity index (χ3n) is 1.28. The number of rotatable bonds is 4. The fourth-order valence-corrected chi connectivity index (χ4v) is 1.55. The van der Waals surface area contributed by atoms with E-state index >= 15 is 0 Å². The highest BCUT2D eigenvalue weighted by molar-refractivity contribution is 7.48. The van der Waals surface area contributed by atoms with Crippen LogP contribution < -0.4 is 5.30 Å². The molecule has 0 saturated heterocycles. The zero-order chi connectivity index (χ0) is 8.81. The first-order valence-corrected chi connectivity index (χ1v) is 4.78. The summed E-state index contributed by atoms with van der Waals surface area (Å²) in [6.07, 6.45) is 1.58. The van der Waals surface area contributed by atoms with Crippen molar-refractivity contribution >= 4 is 13.3 Å². The molecule has 1 aromatic rings. The molecule has 3 heteroatoms. The van der Waals surface area contributed by atoms with Crippen LogP contribution in [0.2, 0.25) is 0 Å². The summed E-state index contributed by atoms with van der Waals surface area (Å²) in [4.78, 5) is 0. The van der Waals surface area contributed by atoms with Gasteiger partial charge in [-0.1, -0.05) is 24.3 Å². The Labute approximate surface area is 72.7 Å². The second-order valence-corrected chi connectivity index (χ2v) is 3.47. The molecule has 1 aromatic carbocycles. The lowest BCUT2D eigenvalue weighted by Crippen LogP contribution is -1.96. The SMILES string of the molecule is C=CCO[P+](=O)c1ccccc1. The molecule has 12 heavy (non-hydrogen) atoms. The van der Waals surface area contributed by atoms with Gasteiger partial charge in [0.2, 0.25) is 5.30 Å². The van der Waals surface area contributed by atoms with Gasteiger partial charge in [0.25, 0.3) is 0 Å². The van der Waals surface area contributed by atoms with Crippen LogP contribution in [0.1, 0.15) is 0 Å². The molecule has 0 aliphatic heterocycles. The predicted octanol–water partition coefficient (Wildman–Crippen LogP) is 2.26. The molecular formula is C9H10O2P+. The molecule has 0 bridgehead atoms. The van der Waals surface area contributed by atoms with E-state index in [1.807, 2.05) is 18.2 Å². The molecule has 0 amide bonds. The molecule has 0 heterocycles. The van der Waals surface area contributed by atoms with Crippen molar-refractivity contribution in [3.63, 3.8) is 0 Å². The lowest BCUT2D eigenvalue weighted by atomic mass is 10.4. The lowest BCUT2D eigenvalue weighted by Gasteiger charge is -1.84. The summed E-state index contributed by atoms with van der Waals surface area (Å²) in [5.74, 6) is 0. The van der Waals surface area contributed by atoms with E-state index in [0.717, 1.165) is 0 Å². The van der Waals surface area contributed by atoms with Crippen LogP contribution in [-0.2, 0) is 9.09 Å². The molecule has 0 radical (unpaired) electrons. The van der Waals surface area contributed by atoms with Crippen molar-refractivity contribution in [1.82, 2.24) is 0 Å². The Morgan fingerprint density at radius 1 is 1.42 bits per heavy atom. The average molecular weight is 181 g/mol. The van der Waals surface area contributed by atoms with Crippen molar-refractivity contribution in [2.75, 3.05) is 6.61 Å². The van der Waals surface area contributed by atoms with Crippen LogP contribution in [0.15, 0.2) is 43.0 Å². The molecule has 1 unspecified atom stereocenters. The van der Waals surface area contributed by atoms with E-state index in [1.54, 1.807) is 18.2 Å². The molecule has 0 aliphatic carbocycles. The van der Waals surface area contributed by atoms with Gasteiger partial charge >= 0.3 is 8.03 Å². The quantitative estimate of drug-likeness (QED) is 0.526. The minimum Gasteiger partial charge on any atom is -0.138 e. The van der Waals surface area contributed by atoms with Gasteiger partial charge in [-0.2, -0.15) is 0 Å². The summed E-state index contributed by atoms with van der Waals surface area (Å²) in [7, 11) is -1.70. The highest BCUT2D eigenvalue weighted by Crippen LogP contribution is 2.20. The molecule has 62 valence electrons. The summed E-state index contributed by atoms with van der Waals surface area (Å²) < 4.78 is 16.3. The number of hydrogen-bond donors (Lipinski definition) is 0. The van der Waals surface area contributed by atoms with Crippen molar-refractivity contribution in [1.29, 1.82) is 0 Å². The van der Waals surface area contributed by atoms with Crippen LogP contribution in [-0.4, -0.2) is 6.61 Å². The highest BCUT2D eigenvalue weighted by atomic mass is 31.1. The summed E-state index contributed by atoms with van der Waals surface area (Å²) in [5, 5.41) is 0.717. The Morgan fingerprint density at radius 2 is 2.08 bits per heavy atom. The van der Waals surface area contributed by atoms with E-state index in [-0.39, 0.29) is 0 Å². The monoisotopic (exact) mass is 181 g/mol. The van der Waals surface area contributed by atoms with Gasteiger partial charge < -0.3 is 0 Å². The van der Waals surface area contributed by atoms with E-state index in [0.29, 0.717) is 11.9 Å². The maximum absolute atomic E-state index is 11.3. The van der Waals surface area contributed by atoms with Gasteiger partial charge in [-0.25, -0.2) is 0 Å². The summed E-state index contributed by atoms with van der Waals surface area (Å²) >= 11 is 0. The first-order valence-electron chi connectivity index (χ1n) is 3.60. The summed E-state index contributed by atoms with van der Waals surface area (Å²) in [6.45, 7) is 3.80. The maximum atomic E-state index is 11.3. The van der Waals surface area contributed by atoms with E-state index in [9.17, 15) is 4.57 Å². The van der Waals surface area contributed by atoms with E-state index in [1.165, 1.54) is 0 Å². The minimum absolute atomic E-state index is 0.324. The predicted molar refractivity (Wildman–Crippen MR) is 49.8 cm³/mol. The molecule has 0 N–H and O–H groups in total. The molecule has 0 aromatic heterocycles. The Morgan fingerprint density at radius 3 is 2.67 bits per heavy atom. The largest absolute Gasteiger partial charge is 0.549 e. The molecule has 1 atom stereocenters. The van der Waals surface area contributed by atoms with E-state index in [2.05, 4.69) is 6.58 Å². The molecule has 0 aliphatic rings. The van der Waals surface area contributed by atoms with Crippen molar-refractivity contribution in [3.8, 4) is 0 Å². The van der Waals surface area contributed by atoms with Crippen LogP contribution in [0.4, 0.5) is 0 Å². The molecule has 0 spiro atoms. The van der Waals surface area contributed by atoms with Gasteiger partial charge in [0, 0.05) is 0 Å². The summed E-state index contributed by atoms with van der Waals surface area (Å²) in [5.41, 5.74) is 0. The first kappa shape index (κ1) is 9.11. The molecule has 2 nitrogen and oxygen atoms in total. The van der Waals surface area contributed by atoms with Gasteiger partial charge in [0.15, 0.2) is 0 Å². The fraction of sp³-hybridized carbons (Fsp3) is 0.111. The molecular weight excluding hydrogens is 171 g/mol. The van der Waals surface area contributed by atoms with Gasteiger partial charge in [-0.05, 0) is 16.7 Å². The van der Waals surface area contributed by atoms with Crippen LogP contribution in [0, 0.1) is 0 Å². The second-order valence-electron chi connectivity index (χ2n) is 2.18. The molecule has 1 rings (SSSR count). The normalized spacial score (nSPS) is 10.8. The average Bonchev–Trinajstić information content (AvgIpc) is 2.15. The van der Waals surface area contributed by atoms with E-state index in [4.69, 9.17) is 4.52 Å². The minimum atomic E-state index is -1.70. The topological polar surface area (TPSA) is 26.3 Å². The van der Waals surface area contributed by atoms with Crippen molar-refractivity contribution < 1.29 is 9.09 Å². The van der Waals surface area contributed by atoms with Gasteiger partial charge in [0.05, 0.1) is 0 Å². The number of benzene rings is 1. The van der Waals surface area contributed by atoms with Gasteiger partial charge in [-0.3, -0.25) is 0 Å². The van der Waals surface area contributed by atoms with Crippen LogP contribution in [0.3, 0.4) is 0 Å². The third kappa shape index (κ3) is 2.57. The lowest BCUT2D eigenvalue weighted by molar-refractivity contribution is 0.378. The van der Waals surface area contributed by atoms with Gasteiger partial charge in [-0.15, -0.1) is 11.1 Å². The van der Waals surface area contributed by atoms with Crippen LogP contribution in [0.5, 0.6) is 0 Å². The smallest absolute Gasteiger partial charge is 0.138 e. The Kier molecular flexibility index (Phi) is 3.65. The standard InChI is InChI=1S/C9H10O2P/c1-2-8-11-12(10)9-6-4-3-5-7-9/h2-7H,1,8H2/q+1. The van der Waals surface area contributed by atoms with Crippen LogP contribution in [0.25, 0.3) is 0 Å². The summed E-state index contributed by atoms with van der Waals surface area (Å²) in [6, 6.07) is 9.10. The van der Waals surface area contributed by atoms with Crippen LogP contribution >= 0.6 is 8.03 Å². The molecule has 0 saturated carbocycles. The zero-order valence-corrected chi connectivity index (χ0v) is 7.54. The number of hydrogen-bond acceptors (Lipinski definition) is 2. The Balaban J connectivity index is 2.59. The van der Waals surface area contributed by atoms with Gasteiger partial charge in [0.1, 0.15) is 6.61 Å². The van der Waals surface area contributed by atoms with Crippen molar-refractivity contribution in [2.24, 2.45) is 0 Å². The fourth-order valence-electron chi connectivity index (χ4n) is 0.745. The molecule has 0 fully saturated rings.